The first-order valence-corrected chi connectivity index (χ1v) is 3.82. The van der Waals surface area contributed by atoms with E-state index in [0.29, 0.717) is 0 Å². The Morgan fingerprint density at radius 3 is 2.55 bits per heavy atom. The third-order valence-corrected chi connectivity index (χ3v) is 1.40. The number of aliphatic hydroxyl groups is 1. The molecule has 0 spiro atoms. The van der Waals surface area contributed by atoms with Gasteiger partial charge in [-0.2, -0.15) is 0 Å². The zero-order valence-electron chi connectivity index (χ0n) is 5.64. The van der Waals surface area contributed by atoms with Crippen molar-refractivity contribution < 1.29 is 39.5 Å². The fraction of sp³-hybridized carbons (Fsp3) is 0.200. The number of ketones is 1. The molecule has 0 fully saturated rings. The molecule has 0 heterocycles. The summed E-state index contributed by atoms with van der Waals surface area (Å²) in [6.07, 6.45) is 0.836. The van der Waals surface area contributed by atoms with E-state index in [1.807, 2.05) is 0 Å². The van der Waals surface area contributed by atoms with Crippen molar-refractivity contribution >= 4 is 10.2 Å². The number of carbonyl (C=O) groups is 1. The third-order valence-electron chi connectivity index (χ3n) is 0.785. The molecular weight excluding hydrogens is 191 g/mol. The Balaban J connectivity index is 4.42. The molecule has 6 heteroatoms. The van der Waals surface area contributed by atoms with Gasteiger partial charge in [0.05, 0.1) is 0 Å². The van der Waals surface area contributed by atoms with Crippen molar-refractivity contribution in [3.63, 3.8) is 0 Å². The molecule has 0 saturated heterocycles. The van der Waals surface area contributed by atoms with Crippen LogP contribution in [0.4, 0.5) is 0 Å². The van der Waals surface area contributed by atoms with Crippen LogP contribution in [0.3, 0.4) is 0 Å². The van der Waals surface area contributed by atoms with Crippen LogP contribution in [-0.4, -0.2) is 20.6 Å². The van der Waals surface area contributed by atoms with Crippen LogP contribution < -0.4 is 0 Å². The molecule has 0 bridgehead atoms. The Kier molecular flexibility index (Phi) is 4.81. The van der Waals surface area contributed by atoms with E-state index in [0.717, 1.165) is 6.08 Å². The fourth-order valence-electron chi connectivity index (χ4n) is 0.321. The van der Waals surface area contributed by atoms with Gasteiger partial charge in [-0.25, -0.2) is 0 Å². The molecule has 0 unspecified atom stereocenters. The van der Waals surface area contributed by atoms with Gasteiger partial charge < -0.3 is 0 Å². The van der Waals surface area contributed by atoms with Gasteiger partial charge in [0.1, 0.15) is 0 Å². The molecule has 0 atom stereocenters. The number of allylic oxidation sites excluding steroid dienone is 1. The van der Waals surface area contributed by atoms with Gasteiger partial charge >= 0.3 is 68.5 Å². The molecule has 0 aliphatic carbocycles. The van der Waals surface area contributed by atoms with Crippen molar-refractivity contribution in [2.45, 2.75) is 6.92 Å². The van der Waals surface area contributed by atoms with E-state index in [9.17, 15) is 8.47 Å². The van der Waals surface area contributed by atoms with E-state index >= 15 is 0 Å². The predicted molar refractivity (Wildman–Crippen MR) is 30.1 cm³/mol. The van der Waals surface area contributed by atoms with Crippen molar-refractivity contribution in [3.05, 3.63) is 11.8 Å². The molecule has 0 aromatic heterocycles. The van der Waals surface area contributed by atoms with E-state index in [-0.39, 0.29) is 5.76 Å². The zero-order valence-corrected chi connectivity index (χ0v) is 7.04. The Morgan fingerprint density at radius 2 is 2.18 bits per heavy atom. The monoisotopic (exact) mass is 197 g/mol. The van der Waals surface area contributed by atoms with Crippen molar-refractivity contribution in [1.82, 2.24) is 0 Å². The normalized spacial score (nSPS) is 10.3. The summed E-state index contributed by atoms with van der Waals surface area (Å²) in [6.45, 7) is 1.31. The average molecular weight is 197 g/mol. The van der Waals surface area contributed by atoms with Crippen molar-refractivity contribution in [3.8, 4) is 0 Å². The van der Waals surface area contributed by atoms with Gasteiger partial charge in [0.25, 0.3) is 0 Å². The van der Waals surface area contributed by atoms with Crippen LogP contribution in [0.1, 0.15) is 6.92 Å². The zero-order chi connectivity index (χ0) is 8.85. The van der Waals surface area contributed by atoms with Gasteiger partial charge in [-0.3, -0.25) is 0 Å². The number of hydrogen-bond acceptors (Lipinski definition) is 5. The van der Waals surface area contributed by atoms with Crippen LogP contribution in [0, 0.1) is 0 Å². The Hall–Kier alpha value is -0.616. The van der Waals surface area contributed by atoms with Crippen molar-refractivity contribution in [2.75, 3.05) is 0 Å². The summed E-state index contributed by atoms with van der Waals surface area (Å²) >= 11 is -1.71. The first-order chi connectivity index (χ1) is 5.11. The van der Waals surface area contributed by atoms with Crippen molar-refractivity contribution in [2.24, 2.45) is 0 Å². The summed E-state index contributed by atoms with van der Waals surface area (Å²) in [5, 5.41) is 16.5. The predicted octanol–water partition coefficient (Wildman–Crippen LogP) is -0.121. The van der Waals surface area contributed by atoms with Crippen LogP contribution in [0.5, 0.6) is 0 Å². The molecule has 0 aliphatic rings. The fourth-order valence-corrected chi connectivity index (χ4v) is 0.562. The minimum absolute atomic E-state index is 0.0730. The van der Waals surface area contributed by atoms with Gasteiger partial charge in [-0.1, -0.05) is 0 Å². The number of rotatable bonds is 3. The second-order valence-electron chi connectivity index (χ2n) is 1.63. The van der Waals surface area contributed by atoms with Gasteiger partial charge in [0.15, 0.2) is 0 Å². The number of carbonyl (C=O) groups excluding carboxylic acids is 1. The van der Waals surface area contributed by atoms with Crippen LogP contribution in [0.25, 0.3) is 0 Å². The molecule has 0 aromatic carbocycles. The van der Waals surface area contributed by atoms with Gasteiger partial charge in [0.2, 0.25) is 0 Å². The van der Waals surface area contributed by atoms with Crippen LogP contribution in [0.15, 0.2) is 11.8 Å². The summed E-state index contributed by atoms with van der Waals surface area (Å²) in [5.41, 5.74) is 0. The minimum atomic E-state index is -1.71. The maximum atomic E-state index is 10.6. The van der Waals surface area contributed by atoms with Gasteiger partial charge in [0, 0.05) is 0 Å². The summed E-state index contributed by atoms with van der Waals surface area (Å²) in [6, 6.07) is 0. The Morgan fingerprint density at radius 1 is 1.64 bits per heavy atom. The van der Waals surface area contributed by atoms with E-state index in [4.69, 9.17) is 10.4 Å². The van der Waals surface area contributed by atoms with Gasteiger partial charge in [-0.15, -0.1) is 0 Å². The Labute approximate surface area is 69.0 Å². The summed E-state index contributed by atoms with van der Waals surface area (Å²) < 4.78 is 9.28. The molecule has 0 saturated carbocycles. The first-order valence-electron chi connectivity index (χ1n) is 2.55. The quantitative estimate of drug-likeness (QED) is 0.285. The summed E-state index contributed by atoms with van der Waals surface area (Å²) in [5.74, 6) is -0.886. The Bertz CT molecular complexity index is 237. The standard InChI is InChI=1S/C5H6O4.O.V/c1-4(9-8)2-5(7)3-6;;/h2,6,8H,1H3;;/b4-2+;;. The summed E-state index contributed by atoms with van der Waals surface area (Å²) in [4.78, 5) is 14.3. The first kappa shape index (κ1) is 10.4. The SMILES string of the molecule is C/C(=C\C(=O)[C](O)=[V]=[O])OO. The molecule has 0 aliphatic heterocycles. The molecule has 0 radical (unpaired) electrons. The molecule has 0 amide bonds. The molecule has 61 valence electrons. The third kappa shape index (κ3) is 3.95. The molecule has 5 nitrogen and oxygen atoms in total. The topological polar surface area (TPSA) is 83.8 Å². The second kappa shape index (κ2) is 5.09. The van der Waals surface area contributed by atoms with E-state index in [2.05, 4.69) is 4.89 Å². The van der Waals surface area contributed by atoms with E-state index in [1.54, 1.807) is 0 Å². The average Bonchev–Trinajstić information content (AvgIpc) is 2.02. The number of aliphatic hydroxyl groups excluding tert-OH is 1. The van der Waals surface area contributed by atoms with E-state index < -0.39 is 26.0 Å². The summed E-state index contributed by atoms with van der Waals surface area (Å²) in [7, 11) is 0. The maximum absolute atomic E-state index is 10.6. The molecule has 0 aromatic rings. The van der Waals surface area contributed by atoms with Crippen LogP contribution in [0.2, 0.25) is 0 Å². The van der Waals surface area contributed by atoms with Crippen LogP contribution >= 0.6 is 0 Å². The molecule has 11 heavy (non-hydrogen) atoms. The molecule has 0 rings (SSSR count). The molecular formula is C5H6O5V. The second-order valence-corrected chi connectivity index (χ2v) is 2.57. The van der Waals surface area contributed by atoms with Crippen molar-refractivity contribution in [1.29, 1.82) is 0 Å². The molecule has 2 N–H and O–H groups in total. The van der Waals surface area contributed by atoms with E-state index in [1.165, 1.54) is 6.92 Å². The van der Waals surface area contributed by atoms with Gasteiger partial charge in [-0.05, 0) is 0 Å². The number of hydrogen-bond donors (Lipinski definition) is 2. The van der Waals surface area contributed by atoms with Crippen LogP contribution in [-0.2, 0) is 29.1 Å².